The third kappa shape index (κ3) is 5.36. The van der Waals surface area contributed by atoms with E-state index in [1.165, 1.54) is 48.0 Å². The highest BCUT2D eigenvalue weighted by Gasteiger charge is 2.31. The Morgan fingerprint density at radius 2 is 1.97 bits per heavy atom. The summed E-state index contributed by atoms with van der Waals surface area (Å²) in [6.45, 7) is -0.0922. The summed E-state index contributed by atoms with van der Waals surface area (Å²) < 4.78 is 51.5. The number of nitrogens with one attached hydrogen (secondary N) is 1. The van der Waals surface area contributed by atoms with Crippen LogP contribution in [-0.4, -0.2) is 50.0 Å². The molecule has 1 atom stereocenters. The van der Waals surface area contributed by atoms with Crippen LogP contribution in [0.2, 0.25) is 0 Å². The minimum atomic E-state index is -3.94. The van der Waals surface area contributed by atoms with Crippen molar-refractivity contribution in [2.45, 2.75) is 30.3 Å². The number of likely N-dealkylation sites (N-methyl/N-ethyl adjacent to an activating group) is 1. The molecule has 38 heavy (non-hydrogen) atoms. The van der Waals surface area contributed by atoms with Gasteiger partial charge in [-0.1, -0.05) is 17.3 Å². The number of aliphatic hydroxyl groups is 1. The van der Waals surface area contributed by atoms with E-state index in [2.05, 4.69) is 10.5 Å². The summed E-state index contributed by atoms with van der Waals surface area (Å²) in [5.74, 6) is 0.644. The van der Waals surface area contributed by atoms with Crippen LogP contribution in [0.1, 0.15) is 34.9 Å². The van der Waals surface area contributed by atoms with Crippen molar-refractivity contribution < 1.29 is 37.0 Å². The zero-order chi connectivity index (χ0) is 26.9. The van der Waals surface area contributed by atoms with Gasteiger partial charge in [-0.2, -0.15) is 4.31 Å². The summed E-state index contributed by atoms with van der Waals surface area (Å²) in [5.41, 5.74) is 1.93. The molecular formula is C25H24FN3O7S2. The molecule has 1 aromatic heterocycles. The zero-order valence-electron chi connectivity index (χ0n) is 20.2. The number of carbonyl (C=O) groups is 1. The van der Waals surface area contributed by atoms with Crippen LogP contribution in [0.15, 0.2) is 57.9 Å². The van der Waals surface area contributed by atoms with Crippen LogP contribution < -0.4 is 14.8 Å². The largest absolute Gasteiger partial charge is 0.454 e. The van der Waals surface area contributed by atoms with Crippen molar-refractivity contribution in [3.8, 4) is 11.5 Å². The number of hydrogen-bond donors (Lipinski definition) is 2. The molecule has 10 nitrogen and oxygen atoms in total. The van der Waals surface area contributed by atoms with E-state index in [0.29, 0.717) is 58.2 Å². The second-order valence-electron chi connectivity index (χ2n) is 8.72. The van der Waals surface area contributed by atoms with Crippen LogP contribution in [0.25, 0.3) is 0 Å². The molecule has 1 aliphatic carbocycles. The number of hydrogen-bond acceptors (Lipinski definition) is 9. The summed E-state index contributed by atoms with van der Waals surface area (Å²) in [4.78, 5) is 18.1. The lowest BCUT2D eigenvalue weighted by Crippen LogP contribution is -2.31. The molecule has 0 fully saturated rings. The van der Waals surface area contributed by atoms with E-state index in [1.54, 1.807) is 18.2 Å². The van der Waals surface area contributed by atoms with Gasteiger partial charge in [0, 0.05) is 30.7 Å². The molecule has 0 saturated carbocycles. The van der Waals surface area contributed by atoms with Crippen LogP contribution in [0.3, 0.4) is 0 Å². The summed E-state index contributed by atoms with van der Waals surface area (Å²) >= 11 is 1.21. The molecule has 13 heteroatoms. The highest BCUT2D eigenvalue weighted by molar-refractivity contribution is 7.89. The Bertz CT molecular complexity index is 1490. The number of sulfonamides is 1. The number of anilines is 1. The summed E-state index contributed by atoms with van der Waals surface area (Å²) in [6.07, 6.45) is -0.269. The highest BCUT2D eigenvalue weighted by Crippen LogP contribution is 2.36. The number of fused-ring (bicyclic) bond motifs is 2. The maximum atomic E-state index is 13.3. The fraction of sp³-hybridized carbons (Fsp3) is 0.280. The summed E-state index contributed by atoms with van der Waals surface area (Å²) in [7, 11) is -2.55. The number of oxime groups is 1. The average molecular weight is 562 g/mol. The van der Waals surface area contributed by atoms with Gasteiger partial charge in [-0.05, 0) is 54.7 Å². The molecule has 0 spiro atoms. The first-order chi connectivity index (χ1) is 18.2. The molecule has 0 bridgehead atoms. The first-order valence-electron chi connectivity index (χ1n) is 11.7. The lowest BCUT2D eigenvalue weighted by molar-refractivity contribution is 0.155. The molecule has 1 amide bonds. The van der Waals surface area contributed by atoms with Gasteiger partial charge >= 0.3 is 6.09 Å². The standard InChI is InChI=1S/C25H24FN3O7S2/c1-29(12-20(30)15-5-7-16(26)8-6-15)38(32,33)23-13-37-24-18(23)3-2-4-19(24)28-36-25(31)27-17-9-10-21-22(11-17)35-14-34-21/h5-11,13,20,30H,2-4,12,14H2,1H3,(H,27,31)/b28-19-. The number of rotatable bonds is 7. The number of aliphatic hydroxyl groups excluding tert-OH is 1. The molecule has 1 unspecified atom stereocenters. The van der Waals surface area contributed by atoms with Gasteiger partial charge in [0.15, 0.2) is 11.5 Å². The van der Waals surface area contributed by atoms with Crippen molar-refractivity contribution in [3.63, 3.8) is 0 Å². The van der Waals surface area contributed by atoms with Crippen molar-refractivity contribution in [1.82, 2.24) is 4.31 Å². The topological polar surface area (TPSA) is 127 Å². The molecule has 2 aliphatic rings. The van der Waals surface area contributed by atoms with E-state index in [9.17, 15) is 22.7 Å². The quantitative estimate of drug-likeness (QED) is 0.326. The summed E-state index contributed by atoms with van der Waals surface area (Å²) in [6, 6.07) is 10.2. The molecule has 200 valence electrons. The van der Waals surface area contributed by atoms with Crippen LogP contribution in [-0.2, 0) is 21.3 Å². The van der Waals surface area contributed by atoms with Gasteiger partial charge in [-0.15, -0.1) is 11.3 Å². The van der Waals surface area contributed by atoms with Crippen LogP contribution >= 0.6 is 11.3 Å². The third-order valence-corrected chi connectivity index (χ3v) is 9.30. The smallest absolute Gasteiger partial charge is 0.437 e. The van der Waals surface area contributed by atoms with E-state index >= 15 is 0 Å². The SMILES string of the molecule is CN(CC(O)c1ccc(F)cc1)S(=O)(=O)c1csc2c1CCC/C2=N/OC(=O)Nc1ccc2c(c1)OCO2. The fourth-order valence-corrected chi connectivity index (χ4v) is 7.09. The minimum Gasteiger partial charge on any atom is -0.454 e. The number of halogens is 1. The molecule has 3 aromatic rings. The monoisotopic (exact) mass is 561 g/mol. The number of carbonyl (C=O) groups excluding carboxylic acids is 1. The number of thiophene rings is 1. The normalized spacial score (nSPS) is 16.4. The van der Waals surface area contributed by atoms with E-state index in [4.69, 9.17) is 14.3 Å². The number of nitrogens with zero attached hydrogens (tertiary/aromatic N) is 2. The number of ether oxygens (including phenoxy) is 2. The van der Waals surface area contributed by atoms with Gasteiger partial charge in [0.2, 0.25) is 16.8 Å². The first-order valence-corrected chi connectivity index (χ1v) is 14.0. The highest BCUT2D eigenvalue weighted by atomic mass is 32.2. The van der Waals surface area contributed by atoms with E-state index in [0.717, 1.165) is 4.31 Å². The first kappa shape index (κ1) is 26.1. The lowest BCUT2D eigenvalue weighted by atomic mass is 9.98. The molecule has 2 heterocycles. The van der Waals surface area contributed by atoms with Gasteiger partial charge in [0.1, 0.15) is 5.82 Å². The van der Waals surface area contributed by atoms with Crippen molar-refractivity contribution >= 4 is 38.9 Å². The summed E-state index contributed by atoms with van der Waals surface area (Å²) in [5, 5.41) is 18.6. The Kier molecular flexibility index (Phi) is 7.34. The van der Waals surface area contributed by atoms with E-state index in [-0.39, 0.29) is 18.2 Å². The molecule has 1 aliphatic heterocycles. The second-order valence-corrected chi connectivity index (χ2v) is 11.6. The van der Waals surface area contributed by atoms with Crippen LogP contribution in [0, 0.1) is 5.82 Å². The maximum Gasteiger partial charge on any atom is 0.437 e. The molecule has 5 rings (SSSR count). The molecule has 2 aromatic carbocycles. The third-order valence-electron chi connectivity index (χ3n) is 6.19. The van der Waals surface area contributed by atoms with Crippen molar-refractivity contribution in [1.29, 1.82) is 0 Å². The van der Waals surface area contributed by atoms with Gasteiger partial charge in [0.05, 0.1) is 21.6 Å². The number of amides is 1. The van der Waals surface area contributed by atoms with Gasteiger partial charge in [-0.25, -0.2) is 17.6 Å². The van der Waals surface area contributed by atoms with Crippen molar-refractivity contribution in [3.05, 3.63) is 69.7 Å². The lowest BCUT2D eigenvalue weighted by Gasteiger charge is -2.22. The maximum absolute atomic E-state index is 13.3. The minimum absolute atomic E-state index is 0.113. The fourth-order valence-electron chi connectivity index (χ4n) is 4.21. The Balaban J connectivity index is 1.27. The Morgan fingerprint density at radius 1 is 1.21 bits per heavy atom. The predicted molar refractivity (Wildman–Crippen MR) is 138 cm³/mol. The average Bonchev–Trinajstić information content (AvgIpc) is 3.55. The van der Waals surface area contributed by atoms with Crippen LogP contribution in [0.5, 0.6) is 11.5 Å². The van der Waals surface area contributed by atoms with Gasteiger partial charge < -0.3 is 14.6 Å². The molecule has 2 N–H and O–H groups in total. The second kappa shape index (κ2) is 10.7. The zero-order valence-corrected chi connectivity index (χ0v) is 21.9. The Morgan fingerprint density at radius 3 is 2.76 bits per heavy atom. The van der Waals surface area contributed by atoms with E-state index < -0.39 is 28.0 Å². The van der Waals surface area contributed by atoms with Crippen molar-refractivity contribution in [2.75, 3.05) is 25.7 Å². The predicted octanol–water partition coefficient (Wildman–Crippen LogP) is 4.26. The van der Waals surface area contributed by atoms with Gasteiger partial charge in [0.25, 0.3) is 0 Å². The number of benzene rings is 2. The Hall–Kier alpha value is -3.52. The van der Waals surface area contributed by atoms with Crippen LogP contribution in [0.4, 0.5) is 14.9 Å². The molecule has 0 saturated heterocycles. The van der Waals surface area contributed by atoms with Crippen molar-refractivity contribution in [2.24, 2.45) is 5.16 Å². The van der Waals surface area contributed by atoms with E-state index in [1.807, 2.05) is 0 Å². The Labute approximate surface area is 222 Å². The molecule has 0 radical (unpaired) electrons. The molecular weight excluding hydrogens is 537 g/mol. The van der Waals surface area contributed by atoms with Gasteiger partial charge in [-0.3, -0.25) is 10.2 Å².